The highest BCUT2D eigenvalue weighted by Gasteiger charge is 2.09. The van der Waals surface area contributed by atoms with E-state index in [2.05, 4.69) is 15.8 Å². The van der Waals surface area contributed by atoms with Crippen LogP contribution in [0.15, 0.2) is 77.9 Å². The number of carbonyl (C=O) groups is 3. The Morgan fingerprint density at radius 3 is 2.12 bits per heavy atom. The summed E-state index contributed by atoms with van der Waals surface area (Å²) in [4.78, 5) is 36.0. The predicted molar refractivity (Wildman–Crippen MR) is 124 cm³/mol. The lowest BCUT2D eigenvalue weighted by Gasteiger charge is -2.05. The molecule has 168 valence electrons. The summed E-state index contributed by atoms with van der Waals surface area (Å²) < 4.78 is 10.3. The molecule has 0 aliphatic carbocycles. The molecule has 8 nitrogen and oxygen atoms in total. The van der Waals surface area contributed by atoms with Gasteiger partial charge in [0.25, 0.3) is 11.8 Å². The molecule has 0 bridgehead atoms. The third-order valence-electron chi connectivity index (χ3n) is 4.34. The Morgan fingerprint density at radius 1 is 0.879 bits per heavy atom. The minimum atomic E-state index is -0.503. The van der Waals surface area contributed by atoms with Gasteiger partial charge in [0.1, 0.15) is 11.5 Å². The van der Waals surface area contributed by atoms with Crippen molar-refractivity contribution in [1.29, 1.82) is 0 Å². The Morgan fingerprint density at radius 2 is 1.48 bits per heavy atom. The van der Waals surface area contributed by atoms with Gasteiger partial charge in [0.15, 0.2) is 0 Å². The van der Waals surface area contributed by atoms with Crippen LogP contribution in [0.5, 0.6) is 11.5 Å². The van der Waals surface area contributed by atoms with Crippen molar-refractivity contribution in [2.75, 3.05) is 13.7 Å². The molecule has 0 aromatic heterocycles. The molecule has 2 amide bonds. The van der Waals surface area contributed by atoms with Crippen LogP contribution in [0.4, 0.5) is 0 Å². The minimum Gasteiger partial charge on any atom is -0.497 e. The zero-order chi connectivity index (χ0) is 23.6. The highest BCUT2D eigenvalue weighted by atomic mass is 35.5. The van der Waals surface area contributed by atoms with Crippen LogP contribution in [0, 0.1) is 0 Å². The maximum atomic E-state index is 12.1. The molecule has 0 aliphatic rings. The quantitative estimate of drug-likeness (QED) is 0.229. The van der Waals surface area contributed by atoms with Gasteiger partial charge in [0.05, 0.1) is 25.4 Å². The number of amides is 2. The fourth-order valence-electron chi connectivity index (χ4n) is 2.60. The second-order valence-corrected chi connectivity index (χ2v) is 7.11. The maximum Gasteiger partial charge on any atom is 0.343 e. The smallest absolute Gasteiger partial charge is 0.343 e. The summed E-state index contributed by atoms with van der Waals surface area (Å²) in [6, 6.07) is 19.4. The molecule has 3 rings (SSSR count). The second kappa shape index (κ2) is 11.4. The van der Waals surface area contributed by atoms with E-state index in [-0.39, 0.29) is 12.5 Å². The SMILES string of the molecule is COc1ccc(C(=O)NCC(=O)N/N=C\c2ccc(OC(=O)c3ccc(Cl)cc3)cc2)cc1. The van der Waals surface area contributed by atoms with Crippen LogP contribution in [0.3, 0.4) is 0 Å². The number of methoxy groups -OCH3 is 1. The Balaban J connectivity index is 1.43. The van der Waals surface area contributed by atoms with Crippen molar-refractivity contribution < 1.29 is 23.9 Å². The summed E-state index contributed by atoms with van der Waals surface area (Å²) in [7, 11) is 1.53. The molecule has 0 saturated heterocycles. The summed E-state index contributed by atoms with van der Waals surface area (Å²) in [6.45, 7) is -0.234. The summed E-state index contributed by atoms with van der Waals surface area (Å²) in [6.07, 6.45) is 1.42. The molecule has 3 aromatic carbocycles. The number of hydrogen-bond donors (Lipinski definition) is 2. The van der Waals surface area contributed by atoms with E-state index in [1.54, 1.807) is 72.8 Å². The first-order valence-electron chi connectivity index (χ1n) is 9.76. The van der Waals surface area contributed by atoms with Gasteiger partial charge < -0.3 is 14.8 Å². The second-order valence-electron chi connectivity index (χ2n) is 6.67. The van der Waals surface area contributed by atoms with Crippen LogP contribution in [-0.4, -0.2) is 37.7 Å². The highest BCUT2D eigenvalue weighted by molar-refractivity contribution is 6.30. The lowest BCUT2D eigenvalue weighted by Crippen LogP contribution is -2.34. The molecule has 33 heavy (non-hydrogen) atoms. The maximum absolute atomic E-state index is 12.1. The van der Waals surface area contributed by atoms with Gasteiger partial charge in [-0.3, -0.25) is 9.59 Å². The monoisotopic (exact) mass is 465 g/mol. The van der Waals surface area contributed by atoms with Gasteiger partial charge >= 0.3 is 5.97 Å². The summed E-state index contributed by atoms with van der Waals surface area (Å²) >= 11 is 5.81. The van der Waals surface area contributed by atoms with Gasteiger partial charge in [-0.25, -0.2) is 10.2 Å². The van der Waals surface area contributed by atoms with Crippen LogP contribution in [0.2, 0.25) is 5.02 Å². The number of ether oxygens (including phenoxy) is 2. The lowest BCUT2D eigenvalue weighted by molar-refractivity contribution is -0.120. The summed E-state index contributed by atoms with van der Waals surface area (Å²) in [5.74, 6) is -0.386. The molecule has 0 fully saturated rings. The third-order valence-corrected chi connectivity index (χ3v) is 4.59. The van der Waals surface area contributed by atoms with Crippen molar-refractivity contribution >= 4 is 35.6 Å². The van der Waals surface area contributed by atoms with E-state index in [1.807, 2.05) is 0 Å². The van der Waals surface area contributed by atoms with E-state index in [0.717, 1.165) is 0 Å². The number of benzene rings is 3. The Kier molecular flexibility index (Phi) is 8.15. The average molecular weight is 466 g/mol. The molecule has 0 heterocycles. The van der Waals surface area contributed by atoms with Gasteiger partial charge in [-0.2, -0.15) is 5.10 Å². The van der Waals surface area contributed by atoms with Crippen LogP contribution < -0.4 is 20.2 Å². The van der Waals surface area contributed by atoms with Crippen molar-refractivity contribution in [2.45, 2.75) is 0 Å². The summed E-state index contributed by atoms with van der Waals surface area (Å²) in [5, 5.41) is 6.88. The Hall–Kier alpha value is -4.17. The Labute approximate surface area is 195 Å². The zero-order valence-corrected chi connectivity index (χ0v) is 18.3. The molecular weight excluding hydrogens is 446 g/mol. The van der Waals surface area contributed by atoms with Crippen LogP contribution in [0.1, 0.15) is 26.3 Å². The molecule has 0 saturated carbocycles. The van der Waals surface area contributed by atoms with Crippen molar-refractivity contribution in [2.24, 2.45) is 5.10 Å². The first-order chi connectivity index (χ1) is 15.9. The van der Waals surface area contributed by atoms with Crippen molar-refractivity contribution in [3.05, 3.63) is 94.5 Å². The molecule has 0 atom stereocenters. The van der Waals surface area contributed by atoms with E-state index in [9.17, 15) is 14.4 Å². The molecule has 2 N–H and O–H groups in total. The molecule has 0 radical (unpaired) electrons. The Bertz CT molecular complexity index is 1140. The fraction of sp³-hybridized carbons (Fsp3) is 0.0833. The topological polar surface area (TPSA) is 106 Å². The number of hydrogen-bond acceptors (Lipinski definition) is 6. The number of halogens is 1. The number of hydrazone groups is 1. The zero-order valence-electron chi connectivity index (χ0n) is 17.6. The van der Waals surface area contributed by atoms with E-state index in [4.69, 9.17) is 21.1 Å². The number of carbonyl (C=O) groups excluding carboxylic acids is 3. The van der Waals surface area contributed by atoms with Crippen molar-refractivity contribution in [3.8, 4) is 11.5 Å². The standard InChI is InChI=1S/C24H20ClN3O5/c1-32-20-12-6-17(7-13-20)23(30)26-15-22(29)28-27-14-16-2-10-21(11-3-16)33-24(31)18-4-8-19(25)9-5-18/h2-14H,15H2,1H3,(H,26,30)(H,28,29)/b27-14-. The molecule has 0 aliphatic heterocycles. The van der Waals surface area contributed by atoms with Crippen molar-refractivity contribution in [3.63, 3.8) is 0 Å². The van der Waals surface area contributed by atoms with E-state index in [0.29, 0.717) is 33.2 Å². The molecular formula is C24H20ClN3O5. The molecule has 9 heteroatoms. The van der Waals surface area contributed by atoms with Crippen LogP contribution >= 0.6 is 11.6 Å². The predicted octanol–water partition coefficient (Wildman–Crippen LogP) is 3.45. The van der Waals surface area contributed by atoms with Gasteiger partial charge in [-0.1, -0.05) is 11.6 Å². The highest BCUT2D eigenvalue weighted by Crippen LogP contribution is 2.15. The first kappa shape index (κ1) is 23.5. The van der Waals surface area contributed by atoms with Crippen LogP contribution in [0.25, 0.3) is 0 Å². The minimum absolute atomic E-state index is 0.234. The van der Waals surface area contributed by atoms with Gasteiger partial charge in [-0.15, -0.1) is 0 Å². The number of nitrogens with one attached hydrogen (secondary N) is 2. The molecule has 3 aromatic rings. The first-order valence-corrected chi connectivity index (χ1v) is 10.1. The van der Waals surface area contributed by atoms with Gasteiger partial charge in [0, 0.05) is 10.6 Å². The van der Waals surface area contributed by atoms with Gasteiger partial charge in [-0.05, 0) is 78.4 Å². The molecule has 0 unspecified atom stereocenters. The third kappa shape index (κ3) is 7.19. The van der Waals surface area contributed by atoms with Gasteiger partial charge in [0.2, 0.25) is 0 Å². The fourth-order valence-corrected chi connectivity index (χ4v) is 2.72. The largest absolute Gasteiger partial charge is 0.497 e. The van der Waals surface area contributed by atoms with Crippen LogP contribution in [-0.2, 0) is 4.79 Å². The van der Waals surface area contributed by atoms with Crippen molar-refractivity contribution in [1.82, 2.24) is 10.7 Å². The number of nitrogens with zero attached hydrogens (tertiary/aromatic N) is 1. The average Bonchev–Trinajstić information content (AvgIpc) is 2.84. The number of rotatable bonds is 8. The number of esters is 1. The van der Waals surface area contributed by atoms with E-state index >= 15 is 0 Å². The lowest BCUT2D eigenvalue weighted by atomic mass is 10.2. The van der Waals surface area contributed by atoms with E-state index in [1.165, 1.54) is 13.3 Å². The normalized spacial score (nSPS) is 10.5. The molecule has 0 spiro atoms. The summed E-state index contributed by atoms with van der Waals surface area (Å²) in [5.41, 5.74) is 3.79. The van der Waals surface area contributed by atoms with E-state index < -0.39 is 11.9 Å².